The molecule has 0 spiro atoms. The number of nitrogens with zero attached hydrogens (tertiary/aromatic N) is 2. The second-order valence-corrected chi connectivity index (χ2v) is 7.46. The van der Waals surface area contributed by atoms with Gasteiger partial charge in [-0.25, -0.2) is 0 Å². The molecule has 1 aromatic rings. The molecule has 2 heterocycles. The molecule has 1 aromatic carbocycles. The molecule has 25 heavy (non-hydrogen) atoms. The second kappa shape index (κ2) is 8.39. The number of amides is 1. The molecular weight excluding hydrogens is 340 g/mol. The Bertz CT molecular complexity index is 598. The van der Waals surface area contributed by atoms with Crippen molar-refractivity contribution in [2.75, 3.05) is 26.2 Å². The number of hydrogen-bond acceptors (Lipinski definition) is 4. The van der Waals surface area contributed by atoms with Crippen LogP contribution >= 0.6 is 11.6 Å². The van der Waals surface area contributed by atoms with E-state index < -0.39 is 6.10 Å². The summed E-state index contributed by atoms with van der Waals surface area (Å²) in [6, 6.07) is 7.60. The van der Waals surface area contributed by atoms with E-state index in [0.29, 0.717) is 10.8 Å². The highest BCUT2D eigenvalue weighted by Crippen LogP contribution is 2.25. The second-order valence-electron chi connectivity index (χ2n) is 7.02. The van der Waals surface area contributed by atoms with Gasteiger partial charge in [-0.1, -0.05) is 17.7 Å². The molecule has 6 heteroatoms. The van der Waals surface area contributed by atoms with Gasteiger partial charge in [0.05, 0.1) is 6.61 Å². The van der Waals surface area contributed by atoms with Crippen LogP contribution in [-0.2, 0) is 4.79 Å². The summed E-state index contributed by atoms with van der Waals surface area (Å²) in [5.74, 6) is 0.645. The van der Waals surface area contributed by atoms with Crippen molar-refractivity contribution in [2.45, 2.75) is 50.8 Å². The molecule has 3 rings (SSSR count). The van der Waals surface area contributed by atoms with Crippen molar-refractivity contribution in [2.24, 2.45) is 0 Å². The number of benzene rings is 1. The number of halogens is 1. The van der Waals surface area contributed by atoms with E-state index >= 15 is 0 Å². The van der Waals surface area contributed by atoms with E-state index in [9.17, 15) is 9.90 Å². The standard InChI is InChI=1S/C19H27ClN2O3/c1-14(25-18-8-2-5-15(20)11-18)19(24)22-10-4-6-16(22)12-21-9-3-7-17(21)13-23/h2,5,8,11,14,16-17,23H,3-4,6-7,9-10,12-13H2,1H3/t14-,16-,17+/m0/s1. The van der Waals surface area contributed by atoms with Crippen molar-refractivity contribution in [3.05, 3.63) is 29.3 Å². The first kappa shape index (κ1) is 18.5. The van der Waals surface area contributed by atoms with E-state index in [1.807, 2.05) is 17.0 Å². The summed E-state index contributed by atoms with van der Waals surface area (Å²) in [6.07, 6.45) is 3.68. The molecule has 0 aliphatic carbocycles. The number of hydrogen-bond donors (Lipinski definition) is 1. The van der Waals surface area contributed by atoms with Crippen LogP contribution in [0, 0.1) is 0 Å². The fourth-order valence-corrected chi connectivity index (χ4v) is 4.14. The monoisotopic (exact) mass is 366 g/mol. The van der Waals surface area contributed by atoms with Gasteiger partial charge >= 0.3 is 0 Å². The van der Waals surface area contributed by atoms with E-state index in [2.05, 4.69) is 4.90 Å². The minimum atomic E-state index is -0.536. The number of ether oxygens (including phenoxy) is 1. The lowest BCUT2D eigenvalue weighted by atomic mass is 10.1. The lowest BCUT2D eigenvalue weighted by Gasteiger charge is -2.32. The van der Waals surface area contributed by atoms with Crippen LogP contribution in [0.15, 0.2) is 24.3 Å². The first-order valence-corrected chi connectivity index (χ1v) is 9.54. The summed E-state index contributed by atoms with van der Waals surface area (Å²) in [5, 5.41) is 10.1. The smallest absolute Gasteiger partial charge is 0.263 e. The molecule has 2 aliphatic heterocycles. The van der Waals surface area contributed by atoms with Gasteiger partial charge < -0.3 is 14.7 Å². The van der Waals surface area contributed by atoms with E-state index in [-0.39, 0.29) is 24.6 Å². The van der Waals surface area contributed by atoms with Crippen molar-refractivity contribution >= 4 is 17.5 Å². The molecule has 0 unspecified atom stereocenters. The fourth-order valence-electron chi connectivity index (χ4n) is 3.96. The maximum Gasteiger partial charge on any atom is 0.263 e. The third kappa shape index (κ3) is 4.46. The van der Waals surface area contributed by atoms with Crippen molar-refractivity contribution < 1.29 is 14.6 Å². The van der Waals surface area contributed by atoms with Gasteiger partial charge in [-0.2, -0.15) is 0 Å². The predicted octanol–water partition coefficient (Wildman–Crippen LogP) is 2.56. The number of rotatable bonds is 6. The molecular formula is C19H27ClN2O3. The van der Waals surface area contributed by atoms with Gasteiger partial charge in [-0.05, 0) is 57.4 Å². The van der Waals surface area contributed by atoms with Crippen molar-refractivity contribution in [3.8, 4) is 5.75 Å². The van der Waals surface area contributed by atoms with Crippen molar-refractivity contribution in [1.29, 1.82) is 0 Å². The Balaban J connectivity index is 1.60. The van der Waals surface area contributed by atoms with Crippen LogP contribution in [0.1, 0.15) is 32.6 Å². The molecule has 0 bridgehead atoms. The SMILES string of the molecule is C[C@H](Oc1cccc(Cl)c1)C(=O)N1CCC[C@H]1CN1CCC[C@@H]1CO. The minimum absolute atomic E-state index is 0.0298. The van der Waals surface area contributed by atoms with Gasteiger partial charge in [-0.15, -0.1) is 0 Å². The van der Waals surface area contributed by atoms with Crippen LogP contribution < -0.4 is 4.74 Å². The average Bonchev–Trinajstić information content (AvgIpc) is 3.23. The summed E-state index contributed by atoms with van der Waals surface area (Å²) in [7, 11) is 0. The van der Waals surface area contributed by atoms with Crippen LogP contribution in [0.4, 0.5) is 0 Å². The molecule has 138 valence electrons. The fraction of sp³-hybridized carbons (Fsp3) is 0.632. The zero-order valence-corrected chi connectivity index (χ0v) is 15.5. The predicted molar refractivity (Wildman–Crippen MR) is 98.0 cm³/mol. The molecule has 2 aliphatic rings. The maximum atomic E-state index is 12.9. The molecule has 1 amide bonds. The van der Waals surface area contributed by atoms with Gasteiger partial charge in [0.25, 0.3) is 5.91 Å². The highest BCUT2D eigenvalue weighted by Gasteiger charge is 2.35. The van der Waals surface area contributed by atoms with Gasteiger partial charge in [0.1, 0.15) is 5.75 Å². The molecule has 0 radical (unpaired) electrons. The van der Waals surface area contributed by atoms with Gasteiger partial charge in [-0.3, -0.25) is 9.69 Å². The number of carbonyl (C=O) groups is 1. The van der Waals surface area contributed by atoms with E-state index in [0.717, 1.165) is 45.3 Å². The number of aliphatic hydroxyl groups is 1. The lowest BCUT2D eigenvalue weighted by Crippen LogP contribution is -2.48. The molecule has 0 aromatic heterocycles. The Kier molecular flexibility index (Phi) is 6.20. The normalized spacial score (nSPS) is 25.3. The zero-order valence-electron chi connectivity index (χ0n) is 14.7. The Morgan fingerprint density at radius 1 is 1.32 bits per heavy atom. The van der Waals surface area contributed by atoms with Crippen molar-refractivity contribution in [1.82, 2.24) is 9.80 Å². The zero-order chi connectivity index (χ0) is 17.8. The Morgan fingerprint density at radius 3 is 2.84 bits per heavy atom. The van der Waals surface area contributed by atoms with Gasteiger partial charge in [0, 0.05) is 30.2 Å². The summed E-state index contributed by atoms with van der Waals surface area (Å²) in [4.78, 5) is 17.2. The number of aliphatic hydroxyl groups excluding tert-OH is 1. The first-order valence-electron chi connectivity index (χ1n) is 9.16. The van der Waals surface area contributed by atoms with Crippen LogP contribution in [0.25, 0.3) is 0 Å². The topological polar surface area (TPSA) is 53.0 Å². The van der Waals surface area contributed by atoms with Gasteiger partial charge in [0.2, 0.25) is 0 Å². The van der Waals surface area contributed by atoms with Crippen LogP contribution in [0.2, 0.25) is 5.02 Å². The lowest BCUT2D eigenvalue weighted by molar-refractivity contribution is -0.139. The molecule has 0 saturated carbocycles. The average molecular weight is 367 g/mol. The molecule has 5 nitrogen and oxygen atoms in total. The Hall–Kier alpha value is -1.30. The van der Waals surface area contributed by atoms with Gasteiger partial charge in [0.15, 0.2) is 6.10 Å². The maximum absolute atomic E-state index is 12.9. The van der Waals surface area contributed by atoms with E-state index in [4.69, 9.17) is 16.3 Å². The molecule has 1 N–H and O–H groups in total. The van der Waals surface area contributed by atoms with E-state index in [1.54, 1.807) is 19.1 Å². The molecule has 2 saturated heterocycles. The third-order valence-corrected chi connectivity index (χ3v) is 5.51. The third-order valence-electron chi connectivity index (χ3n) is 5.27. The summed E-state index contributed by atoms with van der Waals surface area (Å²) >= 11 is 5.98. The highest BCUT2D eigenvalue weighted by molar-refractivity contribution is 6.30. The highest BCUT2D eigenvalue weighted by atomic mass is 35.5. The Labute approximate surface area is 154 Å². The number of likely N-dealkylation sites (tertiary alicyclic amines) is 2. The summed E-state index contributed by atoms with van der Waals surface area (Å²) in [6.45, 7) is 4.64. The minimum Gasteiger partial charge on any atom is -0.481 e. The molecule has 2 fully saturated rings. The number of carbonyl (C=O) groups excluding carboxylic acids is 1. The van der Waals surface area contributed by atoms with Crippen LogP contribution in [-0.4, -0.2) is 65.2 Å². The summed E-state index contributed by atoms with van der Waals surface area (Å²) in [5.41, 5.74) is 0. The Morgan fingerprint density at radius 2 is 2.08 bits per heavy atom. The summed E-state index contributed by atoms with van der Waals surface area (Å²) < 4.78 is 5.80. The van der Waals surface area contributed by atoms with Crippen molar-refractivity contribution in [3.63, 3.8) is 0 Å². The van der Waals surface area contributed by atoms with E-state index in [1.165, 1.54) is 0 Å². The molecule has 3 atom stereocenters. The van der Waals surface area contributed by atoms with Crippen LogP contribution in [0.3, 0.4) is 0 Å². The largest absolute Gasteiger partial charge is 0.481 e. The quantitative estimate of drug-likeness (QED) is 0.840. The first-order chi connectivity index (χ1) is 12.1. The van der Waals surface area contributed by atoms with Crippen LogP contribution in [0.5, 0.6) is 5.75 Å².